The van der Waals surface area contributed by atoms with Crippen LogP contribution in [0.3, 0.4) is 0 Å². The number of nitrogens with one attached hydrogen (secondary N) is 1. The van der Waals surface area contributed by atoms with E-state index in [-0.39, 0.29) is 6.29 Å². The number of hydrogen-bond donors (Lipinski definition) is 1. The lowest BCUT2D eigenvalue weighted by atomic mass is 10.3. The van der Waals surface area contributed by atoms with Crippen LogP contribution in [0, 0.1) is 0 Å². The van der Waals surface area contributed by atoms with Gasteiger partial charge in [0.15, 0.2) is 12.6 Å². The molecule has 0 amide bonds. The summed E-state index contributed by atoms with van der Waals surface area (Å²) in [4.78, 5) is 10.0. The fourth-order valence-electron chi connectivity index (χ4n) is 1.57. The summed E-state index contributed by atoms with van der Waals surface area (Å²) in [5, 5.41) is 2.76. The molecule has 2 unspecified atom stereocenters. The van der Waals surface area contributed by atoms with E-state index in [1.54, 1.807) is 0 Å². The molecule has 1 N–H and O–H groups in total. The lowest BCUT2D eigenvalue weighted by Crippen LogP contribution is -2.48. The second-order valence-electron chi connectivity index (χ2n) is 3.54. The maximum absolute atomic E-state index is 13.2. The van der Waals surface area contributed by atoms with E-state index >= 15 is 0 Å². The van der Waals surface area contributed by atoms with Gasteiger partial charge in [0.2, 0.25) is 0 Å². The molecule has 0 aromatic heterocycles. The minimum Gasteiger partial charge on any atom is -0.270 e. The lowest BCUT2D eigenvalue weighted by Gasteiger charge is -2.28. The van der Waals surface area contributed by atoms with Gasteiger partial charge in [0.1, 0.15) is 6.34 Å². The molecule has 0 bridgehead atoms. The quantitative estimate of drug-likeness (QED) is 0.702. The Bertz CT molecular complexity index is 223. The highest BCUT2D eigenvalue weighted by molar-refractivity contribution is 5.75. The van der Waals surface area contributed by atoms with Crippen molar-refractivity contribution in [2.75, 3.05) is 13.1 Å². The molecule has 1 heterocycles. The van der Waals surface area contributed by atoms with Crippen LogP contribution in [0.4, 0.5) is 4.39 Å². The van der Waals surface area contributed by atoms with Gasteiger partial charge < -0.3 is 0 Å². The van der Waals surface area contributed by atoms with E-state index in [4.69, 9.17) is 0 Å². The zero-order valence-electron chi connectivity index (χ0n) is 9.36. The van der Waals surface area contributed by atoms with Gasteiger partial charge in [-0.15, -0.1) is 0 Å². The first-order valence-corrected chi connectivity index (χ1v) is 5.47. The van der Waals surface area contributed by atoms with Crippen LogP contribution < -0.4 is 5.32 Å². The monoisotopic (exact) mass is 214 g/mol. The summed E-state index contributed by atoms with van der Waals surface area (Å²) in [6, 6.07) is 0. The molecule has 0 fully saturated rings. The highest BCUT2D eigenvalue weighted by Gasteiger charge is 2.19. The van der Waals surface area contributed by atoms with Crippen LogP contribution in [0.1, 0.15) is 26.7 Å². The molecule has 0 spiro atoms. The Kier molecular flexibility index (Phi) is 5.42. The summed E-state index contributed by atoms with van der Waals surface area (Å²) in [7, 11) is 0. The Morgan fingerprint density at radius 3 is 2.60 bits per heavy atom. The molecule has 0 radical (unpaired) electrons. The molecule has 1 aliphatic rings. The summed E-state index contributed by atoms with van der Waals surface area (Å²) in [6.45, 7) is 6.03. The maximum atomic E-state index is 13.2. The second-order valence-corrected chi connectivity index (χ2v) is 3.54. The molecule has 0 aliphatic carbocycles. The van der Waals surface area contributed by atoms with E-state index in [1.807, 2.05) is 0 Å². The highest BCUT2D eigenvalue weighted by atomic mass is 19.1. The van der Waals surface area contributed by atoms with Crippen molar-refractivity contribution < 1.29 is 4.39 Å². The van der Waals surface area contributed by atoms with Gasteiger partial charge in [-0.25, -0.2) is 19.7 Å². The van der Waals surface area contributed by atoms with Crippen molar-refractivity contribution in [3.05, 3.63) is 0 Å². The van der Waals surface area contributed by atoms with E-state index in [0.29, 0.717) is 0 Å². The predicted octanol–water partition coefficient (Wildman–Crippen LogP) is 1.39. The topological polar surface area (TPSA) is 40.0 Å². The molecule has 15 heavy (non-hydrogen) atoms. The van der Waals surface area contributed by atoms with E-state index in [0.717, 1.165) is 25.9 Å². The minimum absolute atomic E-state index is 0.289. The number of aliphatic imine (C=N–C) groups is 2. The molecule has 0 aromatic carbocycles. The van der Waals surface area contributed by atoms with Crippen molar-refractivity contribution in [1.82, 2.24) is 10.2 Å². The third-order valence-electron chi connectivity index (χ3n) is 2.17. The summed E-state index contributed by atoms with van der Waals surface area (Å²) in [5.74, 6) is 0. The van der Waals surface area contributed by atoms with Gasteiger partial charge in [-0.3, -0.25) is 4.90 Å². The van der Waals surface area contributed by atoms with Gasteiger partial charge in [0, 0.05) is 13.1 Å². The van der Waals surface area contributed by atoms with Gasteiger partial charge in [-0.2, -0.15) is 0 Å². The van der Waals surface area contributed by atoms with E-state index < -0.39 is 6.30 Å². The van der Waals surface area contributed by atoms with Crippen molar-refractivity contribution in [3.63, 3.8) is 0 Å². The van der Waals surface area contributed by atoms with Gasteiger partial charge in [-0.1, -0.05) is 13.8 Å². The van der Waals surface area contributed by atoms with Crippen LogP contribution >= 0.6 is 0 Å². The molecular weight excluding hydrogens is 195 g/mol. The molecule has 0 aromatic rings. The first kappa shape index (κ1) is 12.3. The Hall–Kier alpha value is -0.810. The van der Waals surface area contributed by atoms with Gasteiger partial charge >= 0.3 is 0 Å². The molecule has 86 valence electrons. The van der Waals surface area contributed by atoms with Crippen LogP contribution in [-0.2, 0) is 0 Å². The first-order chi connectivity index (χ1) is 7.27. The summed E-state index contributed by atoms with van der Waals surface area (Å²) in [5.41, 5.74) is 0. The van der Waals surface area contributed by atoms with Gasteiger partial charge in [-0.05, 0) is 12.8 Å². The average Bonchev–Trinajstić information content (AvgIpc) is 2.42. The second kappa shape index (κ2) is 6.63. The third-order valence-corrected chi connectivity index (χ3v) is 2.17. The van der Waals surface area contributed by atoms with Crippen LogP contribution in [-0.4, -0.2) is 43.1 Å². The van der Waals surface area contributed by atoms with Crippen LogP contribution in [0.5, 0.6) is 0 Å². The molecule has 0 saturated carbocycles. The maximum Gasteiger partial charge on any atom is 0.189 e. The number of alkyl halides is 1. The molecule has 1 aliphatic heterocycles. The predicted molar refractivity (Wildman–Crippen MR) is 61.0 cm³/mol. The summed E-state index contributed by atoms with van der Waals surface area (Å²) >= 11 is 0. The third kappa shape index (κ3) is 4.05. The standard InChI is InChI=1S/C10H19FN4/c1-3-5-15(6-4-2)10-13-8-12-7-9(11)14-10/h7-10,14H,3-6H2,1-2H3. The smallest absolute Gasteiger partial charge is 0.189 e. The molecule has 1 rings (SSSR count). The van der Waals surface area contributed by atoms with E-state index in [9.17, 15) is 4.39 Å². The zero-order valence-corrected chi connectivity index (χ0v) is 9.36. The molecule has 2 atom stereocenters. The Morgan fingerprint density at radius 2 is 2.00 bits per heavy atom. The minimum atomic E-state index is -1.21. The number of halogens is 1. The first-order valence-electron chi connectivity index (χ1n) is 5.47. The fraction of sp³-hybridized carbons (Fsp3) is 0.800. The SMILES string of the molecule is CCCN(CCC)C1N=CN=CC(F)N1. The molecule has 0 saturated heterocycles. The van der Waals surface area contributed by atoms with Gasteiger partial charge in [0.05, 0.1) is 6.21 Å². The summed E-state index contributed by atoms with van der Waals surface area (Å²) < 4.78 is 13.2. The molecule has 4 nitrogen and oxygen atoms in total. The normalized spacial score (nSPS) is 25.9. The highest BCUT2D eigenvalue weighted by Crippen LogP contribution is 2.04. The lowest BCUT2D eigenvalue weighted by molar-refractivity contribution is 0.145. The number of rotatable bonds is 5. The van der Waals surface area contributed by atoms with Crippen molar-refractivity contribution in [3.8, 4) is 0 Å². The fourth-order valence-corrected chi connectivity index (χ4v) is 1.57. The Labute approximate surface area is 90.3 Å². The van der Waals surface area contributed by atoms with Crippen LogP contribution in [0.2, 0.25) is 0 Å². The molecule has 5 heteroatoms. The van der Waals surface area contributed by atoms with Crippen molar-refractivity contribution in [2.45, 2.75) is 39.3 Å². The van der Waals surface area contributed by atoms with Crippen molar-refractivity contribution in [2.24, 2.45) is 9.98 Å². The zero-order chi connectivity index (χ0) is 11.1. The Balaban J connectivity index is 2.57. The number of hydrogen-bond acceptors (Lipinski definition) is 4. The van der Waals surface area contributed by atoms with Crippen molar-refractivity contribution >= 4 is 12.6 Å². The average molecular weight is 214 g/mol. The van der Waals surface area contributed by atoms with Crippen LogP contribution in [0.25, 0.3) is 0 Å². The summed E-state index contributed by atoms with van der Waals surface area (Å²) in [6.07, 6.45) is 3.20. The van der Waals surface area contributed by atoms with Crippen LogP contribution in [0.15, 0.2) is 9.98 Å². The Morgan fingerprint density at radius 1 is 1.33 bits per heavy atom. The largest absolute Gasteiger partial charge is 0.270 e. The van der Waals surface area contributed by atoms with Gasteiger partial charge in [0.25, 0.3) is 0 Å². The van der Waals surface area contributed by atoms with E-state index in [1.165, 1.54) is 12.6 Å². The van der Waals surface area contributed by atoms with E-state index in [2.05, 4.69) is 34.0 Å². The number of nitrogens with zero attached hydrogens (tertiary/aromatic N) is 3. The molecular formula is C10H19FN4. The van der Waals surface area contributed by atoms with Crippen molar-refractivity contribution in [1.29, 1.82) is 0 Å².